The highest BCUT2D eigenvalue weighted by molar-refractivity contribution is 7.87. The quantitative estimate of drug-likeness (QED) is 0.175. The third-order valence-corrected chi connectivity index (χ3v) is 6.31. The fraction of sp³-hybridized carbons (Fsp3) is 0.148. The lowest BCUT2D eigenvalue weighted by Crippen LogP contribution is -2.13. The van der Waals surface area contributed by atoms with Crippen LogP contribution < -0.4 is 19.0 Å². The Balaban J connectivity index is 1.77. The van der Waals surface area contributed by atoms with Crippen LogP contribution in [0.15, 0.2) is 77.2 Å². The van der Waals surface area contributed by atoms with Gasteiger partial charge in [0, 0.05) is 5.69 Å². The van der Waals surface area contributed by atoms with Crippen LogP contribution in [0.3, 0.4) is 0 Å². The van der Waals surface area contributed by atoms with Crippen LogP contribution in [0.25, 0.3) is 6.08 Å². The van der Waals surface area contributed by atoms with Crippen LogP contribution in [0.5, 0.6) is 17.2 Å². The number of hydrogen-bond donors (Lipinski definition) is 1. The van der Waals surface area contributed by atoms with Gasteiger partial charge in [0.1, 0.15) is 22.3 Å². The fourth-order valence-corrected chi connectivity index (χ4v) is 4.11. The Morgan fingerprint density at radius 2 is 1.63 bits per heavy atom. The van der Waals surface area contributed by atoms with Crippen molar-refractivity contribution in [3.63, 3.8) is 0 Å². The molecule has 0 aliphatic heterocycles. The van der Waals surface area contributed by atoms with E-state index in [4.69, 9.17) is 18.4 Å². The summed E-state index contributed by atoms with van der Waals surface area (Å²) in [6, 6.07) is 17.8. The minimum Gasteiger partial charge on any atom is -0.497 e. The molecule has 0 atom stereocenters. The molecule has 0 unspecified atom stereocenters. The number of carbonyl (C=O) groups excluding carboxylic acids is 2. The molecule has 1 N–H and O–H groups in total. The van der Waals surface area contributed by atoms with Crippen molar-refractivity contribution in [2.45, 2.75) is 11.8 Å². The van der Waals surface area contributed by atoms with Gasteiger partial charge in [0.25, 0.3) is 5.91 Å². The third kappa shape index (κ3) is 6.89. The topological polar surface area (TPSA) is 141 Å². The zero-order chi connectivity index (χ0) is 27.7. The molecule has 0 aliphatic carbocycles. The minimum atomic E-state index is -4.17. The van der Waals surface area contributed by atoms with Gasteiger partial charge in [-0.2, -0.15) is 13.7 Å². The molecular weight excluding hydrogens is 512 g/mol. The van der Waals surface area contributed by atoms with Gasteiger partial charge in [-0.15, -0.1) is 0 Å². The predicted octanol–water partition coefficient (Wildman–Crippen LogP) is 4.19. The average molecular weight is 537 g/mol. The van der Waals surface area contributed by atoms with E-state index in [0.29, 0.717) is 22.6 Å². The highest BCUT2D eigenvalue weighted by atomic mass is 32.2. The SMILES string of the molecule is CCOC(=O)c1ccc(NC(=O)/C(C#N)=C/c2ccc(OS(=O)(=O)c3ccc(OC)cc3)c(OC)c2)cc1. The maximum absolute atomic E-state index is 12.7. The number of anilines is 1. The van der Waals surface area contributed by atoms with E-state index >= 15 is 0 Å². The molecule has 0 bridgehead atoms. The molecular formula is C27H24N2O8S. The Morgan fingerprint density at radius 1 is 0.947 bits per heavy atom. The monoisotopic (exact) mass is 536 g/mol. The number of methoxy groups -OCH3 is 2. The normalized spacial score (nSPS) is 11.2. The lowest BCUT2D eigenvalue weighted by atomic mass is 10.1. The van der Waals surface area contributed by atoms with Gasteiger partial charge in [-0.05, 0) is 79.2 Å². The summed E-state index contributed by atoms with van der Waals surface area (Å²) in [5.74, 6) is -0.684. The highest BCUT2D eigenvalue weighted by Crippen LogP contribution is 2.32. The summed E-state index contributed by atoms with van der Waals surface area (Å²) in [5, 5.41) is 12.1. The first kappa shape index (κ1) is 27.8. The summed E-state index contributed by atoms with van der Waals surface area (Å²) in [5.41, 5.74) is 0.861. The molecule has 38 heavy (non-hydrogen) atoms. The molecule has 196 valence electrons. The van der Waals surface area contributed by atoms with Crippen LogP contribution in [0.2, 0.25) is 0 Å². The number of ether oxygens (including phenoxy) is 3. The highest BCUT2D eigenvalue weighted by Gasteiger charge is 2.20. The van der Waals surface area contributed by atoms with Gasteiger partial charge >= 0.3 is 16.1 Å². The Bertz CT molecular complexity index is 1490. The van der Waals surface area contributed by atoms with Gasteiger partial charge in [-0.1, -0.05) is 6.07 Å². The maximum atomic E-state index is 12.7. The van der Waals surface area contributed by atoms with Crippen molar-refractivity contribution < 1.29 is 36.4 Å². The zero-order valence-corrected chi connectivity index (χ0v) is 21.6. The van der Waals surface area contributed by atoms with E-state index in [0.717, 1.165) is 0 Å². The second-order valence-corrected chi connectivity index (χ2v) is 9.09. The molecule has 0 heterocycles. The lowest BCUT2D eigenvalue weighted by molar-refractivity contribution is -0.112. The maximum Gasteiger partial charge on any atom is 0.339 e. The standard InChI is InChI=1S/C27H24N2O8S/c1-4-36-27(31)19-6-8-21(9-7-19)29-26(30)20(17-28)15-18-5-14-24(25(16-18)35-3)37-38(32,33)23-12-10-22(34-2)11-13-23/h5-16H,4H2,1-3H3,(H,29,30)/b20-15+. The van der Waals surface area contributed by atoms with Crippen LogP contribution in [0, 0.1) is 11.3 Å². The first-order valence-electron chi connectivity index (χ1n) is 11.2. The first-order valence-corrected chi connectivity index (χ1v) is 12.6. The van der Waals surface area contributed by atoms with Crippen molar-refractivity contribution in [2.75, 3.05) is 26.1 Å². The van der Waals surface area contributed by atoms with Crippen molar-refractivity contribution in [2.24, 2.45) is 0 Å². The molecule has 3 rings (SSSR count). The third-order valence-electron chi connectivity index (χ3n) is 5.07. The van der Waals surface area contributed by atoms with Gasteiger partial charge in [0.2, 0.25) is 0 Å². The number of nitrogens with one attached hydrogen (secondary N) is 1. The number of hydrogen-bond acceptors (Lipinski definition) is 9. The molecule has 10 nitrogen and oxygen atoms in total. The van der Waals surface area contributed by atoms with Crippen molar-refractivity contribution in [3.8, 4) is 23.3 Å². The van der Waals surface area contributed by atoms with E-state index in [9.17, 15) is 23.3 Å². The van der Waals surface area contributed by atoms with Crippen LogP contribution >= 0.6 is 0 Å². The number of amides is 1. The largest absolute Gasteiger partial charge is 0.497 e. The van der Waals surface area contributed by atoms with Crippen LogP contribution in [0.4, 0.5) is 5.69 Å². The van der Waals surface area contributed by atoms with E-state index in [1.807, 2.05) is 6.07 Å². The average Bonchev–Trinajstić information content (AvgIpc) is 2.92. The van der Waals surface area contributed by atoms with Crippen molar-refractivity contribution >= 4 is 33.8 Å². The summed E-state index contributed by atoms with van der Waals surface area (Å²) in [7, 11) is -1.38. The van der Waals surface area contributed by atoms with Crippen molar-refractivity contribution in [1.82, 2.24) is 0 Å². The van der Waals surface area contributed by atoms with E-state index < -0.39 is 22.0 Å². The molecule has 0 aliphatic rings. The molecule has 1 amide bonds. The van der Waals surface area contributed by atoms with Crippen LogP contribution in [-0.4, -0.2) is 41.1 Å². The van der Waals surface area contributed by atoms with Crippen molar-refractivity contribution in [3.05, 3.63) is 83.4 Å². The summed E-state index contributed by atoms with van der Waals surface area (Å²) in [6.45, 7) is 1.94. The Kier molecular flexibility index (Phi) is 9.08. The summed E-state index contributed by atoms with van der Waals surface area (Å²) in [4.78, 5) is 24.3. The molecule has 0 spiro atoms. The number of esters is 1. The van der Waals surface area contributed by atoms with Crippen LogP contribution in [0.1, 0.15) is 22.8 Å². The number of rotatable bonds is 10. The Hall–Kier alpha value is -4.82. The van der Waals surface area contributed by atoms with Gasteiger partial charge in [-0.25, -0.2) is 4.79 Å². The minimum absolute atomic E-state index is 0.0723. The van der Waals surface area contributed by atoms with Crippen LogP contribution in [-0.2, 0) is 19.6 Å². The van der Waals surface area contributed by atoms with Gasteiger partial charge in [0.15, 0.2) is 11.5 Å². The van der Waals surface area contributed by atoms with E-state index in [1.54, 1.807) is 6.92 Å². The first-order chi connectivity index (χ1) is 18.2. The Labute approximate surface area is 220 Å². The van der Waals surface area contributed by atoms with Gasteiger partial charge in [0.05, 0.1) is 26.4 Å². The predicted molar refractivity (Wildman–Crippen MR) is 138 cm³/mol. The van der Waals surface area contributed by atoms with Gasteiger partial charge in [-0.3, -0.25) is 4.79 Å². The number of nitriles is 1. The molecule has 0 aromatic heterocycles. The fourth-order valence-electron chi connectivity index (χ4n) is 3.17. The molecule has 0 fully saturated rings. The van der Waals surface area contributed by atoms with E-state index in [1.165, 1.54) is 87.0 Å². The molecule has 0 radical (unpaired) electrons. The lowest BCUT2D eigenvalue weighted by Gasteiger charge is -2.12. The smallest absolute Gasteiger partial charge is 0.339 e. The van der Waals surface area contributed by atoms with Gasteiger partial charge < -0.3 is 23.7 Å². The number of benzene rings is 3. The molecule has 0 saturated carbocycles. The second kappa shape index (κ2) is 12.4. The molecule has 3 aromatic rings. The Morgan fingerprint density at radius 3 is 2.21 bits per heavy atom. The molecule has 3 aromatic carbocycles. The molecule has 11 heteroatoms. The zero-order valence-electron chi connectivity index (χ0n) is 20.8. The summed E-state index contributed by atoms with van der Waals surface area (Å²) >= 11 is 0. The number of nitrogens with zero attached hydrogens (tertiary/aromatic N) is 1. The molecule has 0 saturated heterocycles. The van der Waals surface area contributed by atoms with E-state index in [2.05, 4.69) is 5.32 Å². The number of carbonyl (C=O) groups is 2. The van der Waals surface area contributed by atoms with E-state index in [-0.39, 0.29) is 28.6 Å². The summed E-state index contributed by atoms with van der Waals surface area (Å²) in [6.07, 6.45) is 1.31. The van der Waals surface area contributed by atoms with Crippen molar-refractivity contribution in [1.29, 1.82) is 5.26 Å². The second-order valence-electron chi connectivity index (χ2n) is 7.55. The summed E-state index contributed by atoms with van der Waals surface area (Å²) < 4.78 is 45.8.